The molecule has 0 aromatic rings. The van der Waals surface area contributed by atoms with Crippen LogP contribution < -0.4 is 10.2 Å². The van der Waals surface area contributed by atoms with Gasteiger partial charge in [0.2, 0.25) is 5.91 Å². The highest BCUT2D eigenvalue weighted by Crippen LogP contribution is 2.38. The van der Waals surface area contributed by atoms with E-state index in [1.165, 1.54) is 44.9 Å². The lowest BCUT2D eigenvalue weighted by Gasteiger charge is -2.29. The van der Waals surface area contributed by atoms with Gasteiger partial charge in [0, 0.05) is 6.42 Å². The number of nitrogens with one attached hydrogen (secondary N) is 1. The first-order valence-electron chi connectivity index (χ1n) is 19.7. The van der Waals surface area contributed by atoms with E-state index in [-0.39, 0.29) is 12.5 Å². The zero-order valence-electron chi connectivity index (χ0n) is 32.6. The molecule has 9 heteroatoms. The van der Waals surface area contributed by atoms with Gasteiger partial charge in [-0.25, -0.2) is 0 Å². The Bertz CT molecular complexity index is 1000. The smallest absolute Gasteiger partial charge is 0.268 e. The summed E-state index contributed by atoms with van der Waals surface area (Å²) in [6.07, 6.45) is 41.2. The van der Waals surface area contributed by atoms with Gasteiger partial charge in [-0.15, -0.1) is 0 Å². The molecule has 3 unspecified atom stereocenters. The molecule has 0 saturated carbocycles. The number of phosphoric acid groups is 1. The van der Waals surface area contributed by atoms with Crippen molar-refractivity contribution in [2.75, 3.05) is 40.9 Å². The van der Waals surface area contributed by atoms with E-state index < -0.39 is 26.6 Å². The van der Waals surface area contributed by atoms with Gasteiger partial charge >= 0.3 is 0 Å². The topological polar surface area (TPSA) is 108 Å². The van der Waals surface area contributed by atoms with Gasteiger partial charge in [-0.1, -0.05) is 126 Å². The molecule has 3 atom stereocenters. The van der Waals surface area contributed by atoms with Crippen LogP contribution in [-0.2, 0) is 18.4 Å². The second-order valence-electron chi connectivity index (χ2n) is 14.3. The van der Waals surface area contributed by atoms with Gasteiger partial charge in [-0.05, 0) is 70.6 Å². The first kappa shape index (κ1) is 48.2. The van der Waals surface area contributed by atoms with Crippen LogP contribution in [0.3, 0.4) is 0 Å². The van der Waals surface area contributed by atoms with Gasteiger partial charge in [0.25, 0.3) is 7.82 Å². The van der Waals surface area contributed by atoms with Crippen molar-refractivity contribution in [1.82, 2.24) is 5.32 Å². The van der Waals surface area contributed by atoms with Crippen LogP contribution in [0, 0.1) is 0 Å². The number of carbonyl (C=O) groups is 1. The minimum absolute atomic E-state index is 0.0146. The van der Waals surface area contributed by atoms with Crippen molar-refractivity contribution in [1.29, 1.82) is 0 Å². The molecule has 0 fully saturated rings. The van der Waals surface area contributed by atoms with E-state index in [2.05, 4.69) is 67.8 Å². The summed E-state index contributed by atoms with van der Waals surface area (Å²) in [6.45, 7) is 4.50. The van der Waals surface area contributed by atoms with E-state index in [1.807, 2.05) is 27.2 Å². The van der Waals surface area contributed by atoms with Gasteiger partial charge in [0.1, 0.15) is 13.2 Å². The summed E-state index contributed by atoms with van der Waals surface area (Å²) in [6, 6.07) is -0.916. The Morgan fingerprint density at radius 2 is 1.20 bits per heavy atom. The lowest BCUT2D eigenvalue weighted by atomic mass is 10.1. The van der Waals surface area contributed by atoms with Crippen LogP contribution in [0.25, 0.3) is 0 Å². The van der Waals surface area contributed by atoms with Crippen LogP contribution in [0.4, 0.5) is 0 Å². The fourth-order valence-electron chi connectivity index (χ4n) is 4.96. The number of amides is 1. The average Bonchev–Trinajstić information content (AvgIpc) is 3.06. The van der Waals surface area contributed by atoms with Crippen molar-refractivity contribution in [3.63, 3.8) is 0 Å². The fourth-order valence-corrected chi connectivity index (χ4v) is 5.68. The van der Waals surface area contributed by atoms with Crippen molar-refractivity contribution in [2.24, 2.45) is 0 Å². The number of rotatable bonds is 34. The van der Waals surface area contributed by atoms with Crippen molar-refractivity contribution in [2.45, 2.75) is 154 Å². The van der Waals surface area contributed by atoms with Crippen LogP contribution in [-0.4, -0.2) is 68.5 Å². The van der Waals surface area contributed by atoms with Crippen molar-refractivity contribution < 1.29 is 32.9 Å². The van der Waals surface area contributed by atoms with E-state index >= 15 is 0 Å². The number of aliphatic hydroxyl groups is 1. The highest BCUT2D eigenvalue weighted by Gasteiger charge is 2.23. The third-order valence-corrected chi connectivity index (χ3v) is 9.14. The Kier molecular flexibility index (Phi) is 31.9. The lowest BCUT2D eigenvalue weighted by Crippen LogP contribution is -2.45. The monoisotopic (exact) mass is 723 g/mol. The Labute approximate surface area is 307 Å². The van der Waals surface area contributed by atoms with Crippen LogP contribution in [0.15, 0.2) is 60.8 Å². The summed E-state index contributed by atoms with van der Waals surface area (Å²) in [7, 11) is 1.21. The minimum atomic E-state index is -4.60. The van der Waals surface area contributed by atoms with E-state index in [9.17, 15) is 19.4 Å². The standard InChI is InChI=1S/C41H75N2O6P/c1-6-8-10-12-14-16-18-20-21-22-23-25-27-29-31-33-35-41(45)42-39(38-49-50(46,47)48-37-36-43(3,4)5)40(44)34-32-30-28-26-24-19-17-15-13-11-9-7-2/h13,15-16,18,21-22,24,26,32,34,39-40,44H,6-12,14,17,19-20,23,25,27-31,33,35-38H2,1-5H3,(H-,42,45,46,47)/b15-13+,18-16-,22-21-,26-24+,34-32+. The van der Waals surface area contributed by atoms with Gasteiger partial charge in [-0.3, -0.25) is 9.36 Å². The summed E-state index contributed by atoms with van der Waals surface area (Å²) in [4.78, 5) is 25.2. The molecule has 0 saturated heterocycles. The molecule has 0 aromatic carbocycles. The molecule has 0 radical (unpaired) electrons. The molecule has 0 aliphatic rings. The molecule has 0 bridgehead atoms. The van der Waals surface area contributed by atoms with Gasteiger partial charge in [-0.2, -0.15) is 0 Å². The normalized spacial score (nSPS) is 15.3. The SMILES string of the molecule is CCCC/C=C/CC/C=C/CC/C=C/C(O)C(COP(=O)([O-])OCC[N+](C)(C)C)NC(=O)CCCCCCC/C=C\C/C=C\CCCCCC. The summed E-state index contributed by atoms with van der Waals surface area (Å²) in [5.74, 6) is -0.231. The highest BCUT2D eigenvalue weighted by atomic mass is 31.2. The number of aliphatic hydroxyl groups excluding tert-OH is 1. The second kappa shape index (κ2) is 33.1. The van der Waals surface area contributed by atoms with Crippen molar-refractivity contribution in [3.8, 4) is 0 Å². The summed E-state index contributed by atoms with van der Waals surface area (Å²) in [5, 5.41) is 13.7. The largest absolute Gasteiger partial charge is 0.756 e. The molecular weight excluding hydrogens is 647 g/mol. The van der Waals surface area contributed by atoms with Gasteiger partial charge in [0.05, 0.1) is 39.9 Å². The fraction of sp³-hybridized carbons (Fsp3) is 0.732. The molecule has 0 aromatic heterocycles. The van der Waals surface area contributed by atoms with Gasteiger partial charge < -0.3 is 28.8 Å². The van der Waals surface area contributed by atoms with Gasteiger partial charge in [0.15, 0.2) is 0 Å². The van der Waals surface area contributed by atoms with Crippen molar-refractivity contribution >= 4 is 13.7 Å². The summed E-state index contributed by atoms with van der Waals surface area (Å²) < 4.78 is 23.1. The molecule has 0 spiro atoms. The number of unbranched alkanes of at least 4 members (excludes halogenated alkanes) is 13. The van der Waals surface area contributed by atoms with Crippen molar-refractivity contribution in [3.05, 3.63) is 60.8 Å². The third-order valence-electron chi connectivity index (χ3n) is 8.18. The first-order chi connectivity index (χ1) is 24.0. The zero-order valence-corrected chi connectivity index (χ0v) is 33.5. The minimum Gasteiger partial charge on any atom is -0.756 e. The maximum absolute atomic E-state index is 12.8. The average molecular weight is 723 g/mol. The van der Waals surface area contributed by atoms with Crippen LogP contribution >= 0.6 is 7.82 Å². The number of carbonyl (C=O) groups excluding carboxylic acids is 1. The highest BCUT2D eigenvalue weighted by molar-refractivity contribution is 7.45. The molecule has 0 heterocycles. The third kappa shape index (κ3) is 34.6. The summed E-state index contributed by atoms with van der Waals surface area (Å²) in [5.41, 5.74) is 0. The molecule has 2 N–H and O–H groups in total. The predicted molar refractivity (Wildman–Crippen MR) is 210 cm³/mol. The van der Waals surface area contributed by atoms with E-state index in [4.69, 9.17) is 9.05 Å². The maximum Gasteiger partial charge on any atom is 0.268 e. The molecule has 0 aliphatic heterocycles. The van der Waals surface area contributed by atoms with Crippen LogP contribution in [0.1, 0.15) is 142 Å². The van der Waals surface area contributed by atoms with Crippen LogP contribution in [0.2, 0.25) is 0 Å². The molecule has 8 nitrogen and oxygen atoms in total. The first-order valence-corrected chi connectivity index (χ1v) is 21.1. The lowest BCUT2D eigenvalue weighted by molar-refractivity contribution is -0.870. The second-order valence-corrected chi connectivity index (χ2v) is 15.7. The number of allylic oxidation sites excluding steroid dienone is 9. The Hall–Kier alpha value is -1.80. The van der Waals surface area contributed by atoms with E-state index in [0.29, 0.717) is 17.4 Å². The van der Waals surface area contributed by atoms with E-state index in [0.717, 1.165) is 77.0 Å². The number of likely N-dealkylation sites (N-methyl/N-ethyl adjacent to an activating group) is 1. The summed E-state index contributed by atoms with van der Waals surface area (Å²) >= 11 is 0. The predicted octanol–water partition coefficient (Wildman–Crippen LogP) is 9.66. The number of phosphoric ester groups is 1. The molecule has 290 valence electrons. The molecule has 50 heavy (non-hydrogen) atoms. The Morgan fingerprint density at radius 3 is 1.80 bits per heavy atom. The quantitative estimate of drug-likeness (QED) is 0.0297. The number of hydrogen-bond donors (Lipinski definition) is 2. The van der Waals surface area contributed by atoms with E-state index in [1.54, 1.807) is 6.08 Å². The molecule has 0 aliphatic carbocycles. The number of quaternary nitrogens is 1. The molecular formula is C41H75N2O6P. The molecule has 0 rings (SSSR count). The maximum atomic E-state index is 12.8. The Balaban J connectivity index is 4.60. The number of nitrogens with zero attached hydrogens (tertiary/aromatic N) is 1. The Morgan fingerprint density at radius 1 is 0.700 bits per heavy atom. The van der Waals surface area contributed by atoms with Crippen LogP contribution in [0.5, 0.6) is 0 Å². The zero-order chi connectivity index (χ0) is 37.2. The molecule has 1 amide bonds. The number of hydrogen-bond acceptors (Lipinski definition) is 6.